The molecular weight excluding hydrogens is 326 g/mol. The van der Waals surface area contributed by atoms with Crippen LogP contribution < -0.4 is 0 Å². The van der Waals surface area contributed by atoms with Crippen LogP contribution in [0.2, 0.25) is 0 Å². The van der Waals surface area contributed by atoms with Crippen molar-refractivity contribution in [3.05, 3.63) is 0 Å². The van der Waals surface area contributed by atoms with E-state index in [9.17, 15) is 0 Å². The van der Waals surface area contributed by atoms with E-state index < -0.39 is 10.4 Å². The third-order valence-electron chi connectivity index (χ3n) is 5.22. The summed E-state index contributed by atoms with van der Waals surface area (Å²) in [5.41, 5.74) is 0. The summed E-state index contributed by atoms with van der Waals surface area (Å²) in [5.74, 6) is 0. The van der Waals surface area contributed by atoms with Gasteiger partial charge in [-0.15, -0.1) is 0 Å². The Balaban J connectivity index is 0.000000922. The molecule has 0 aromatic rings. The number of quaternary nitrogens is 1. The van der Waals surface area contributed by atoms with Gasteiger partial charge in [0.15, 0.2) is 0 Å². The lowest BCUT2D eigenvalue weighted by Crippen LogP contribution is -2.57. The van der Waals surface area contributed by atoms with Gasteiger partial charge in [0.25, 0.3) is 0 Å². The van der Waals surface area contributed by atoms with E-state index in [1.807, 2.05) is 0 Å². The second-order valence-corrected chi connectivity index (χ2v) is 8.09. The number of hydrogen-bond acceptors (Lipinski definition) is 2. The van der Waals surface area contributed by atoms with Crippen molar-refractivity contribution in [3.63, 3.8) is 0 Å². The normalized spacial score (nSPS) is 16.5. The summed E-state index contributed by atoms with van der Waals surface area (Å²) in [4.78, 5) is 0. The fraction of sp³-hybridized carbons (Fsp3) is 1.00. The van der Waals surface area contributed by atoms with Gasteiger partial charge in [-0.05, 0) is 44.9 Å². The Kier molecular flexibility index (Phi) is 13.0. The predicted octanol–water partition coefficient (Wildman–Crippen LogP) is 4.88. The van der Waals surface area contributed by atoms with Crippen molar-refractivity contribution < 1.29 is 22.0 Å². The Morgan fingerprint density at radius 3 is 1.42 bits per heavy atom. The van der Waals surface area contributed by atoms with Crippen molar-refractivity contribution >= 4 is 10.4 Å². The van der Waals surface area contributed by atoms with E-state index in [0.29, 0.717) is 0 Å². The first-order valence-corrected chi connectivity index (χ1v) is 11.2. The predicted molar refractivity (Wildman–Crippen MR) is 101 cm³/mol. The van der Waals surface area contributed by atoms with Gasteiger partial charge in [0, 0.05) is 0 Å². The van der Waals surface area contributed by atoms with Crippen molar-refractivity contribution in [1.29, 1.82) is 0 Å². The van der Waals surface area contributed by atoms with Crippen molar-refractivity contribution in [1.82, 2.24) is 0 Å². The van der Waals surface area contributed by atoms with E-state index in [-0.39, 0.29) is 0 Å². The first kappa shape index (κ1) is 23.8. The third-order valence-corrected chi connectivity index (χ3v) is 5.22. The summed E-state index contributed by atoms with van der Waals surface area (Å²) in [7, 11) is -4.67. The molecule has 1 aliphatic carbocycles. The average Bonchev–Trinajstić information content (AvgIpc) is 2.54. The molecule has 0 radical (unpaired) electrons. The largest absolute Gasteiger partial charge is 0.394 e. The Morgan fingerprint density at radius 2 is 1.12 bits per heavy atom. The summed E-state index contributed by atoms with van der Waals surface area (Å²) >= 11 is 0. The van der Waals surface area contributed by atoms with Crippen LogP contribution >= 0.6 is 0 Å². The molecule has 0 heterocycles. The Labute approximate surface area is 150 Å². The minimum absolute atomic E-state index is 0.999. The van der Waals surface area contributed by atoms with Crippen molar-refractivity contribution in [2.24, 2.45) is 0 Å². The fourth-order valence-corrected chi connectivity index (χ4v) is 3.93. The van der Waals surface area contributed by atoms with Crippen LogP contribution in [0.25, 0.3) is 0 Å². The van der Waals surface area contributed by atoms with Gasteiger partial charge in [0.05, 0.1) is 25.7 Å². The van der Waals surface area contributed by atoms with Crippen molar-refractivity contribution in [2.75, 3.05) is 19.6 Å². The summed E-state index contributed by atoms with van der Waals surface area (Å²) in [6.45, 7) is 11.4. The van der Waals surface area contributed by atoms with Gasteiger partial charge in [0.2, 0.25) is 0 Å². The minimum atomic E-state index is -4.67. The summed E-state index contributed by atoms with van der Waals surface area (Å²) in [5, 5.41) is 0. The van der Waals surface area contributed by atoms with Gasteiger partial charge < -0.3 is 4.48 Å². The van der Waals surface area contributed by atoms with Gasteiger partial charge in [-0.2, -0.15) is 8.42 Å². The molecule has 0 aliphatic heterocycles. The molecule has 0 unspecified atom stereocenters. The van der Waals surface area contributed by atoms with Crippen LogP contribution in [0.4, 0.5) is 0 Å². The lowest BCUT2D eigenvalue weighted by molar-refractivity contribution is -0.953. The Morgan fingerprint density at radius 1 is 0.792 bits per heavy atom. The molecular formula is C18H40NO4S+. The highest BCUT2D eigenvalue weighted by atomic mass is 32.3. The van der Waals surface area contributed by atoms with E-state index >= 15 is 0 Å². The molecule has 146 valence electrons. The zero-order chi connectivity index (χ0) is 18.5. The highest BCUT2D eigenvalue weighted by Gasteiger charge is 2.35. The molecule has 2 N–H and O–H groups in total. The molecule has 0 aromatic carbocycles. The lowest BCUT2D eigenvalue weighted by Gasteiger charge is -2.47. The average molecular weight is 367 g/mol. The van der Waals surface area contributed by atoms with Gasteiger partial charge in [-0.25, -0.2) is 0 Å². The highest BCUT2D eigenvalue weighted by Crippen LogP contribution is 2.30. The molecule has 0 aromatic heterocycles. The Hall–Kier alpha value is -0.170. The highest BCUT2D eigenvalue weighted by molar-refractivity contribution is 7.79. The van der Waals surface area contributed by atoms with Crippen LogP contribution in [0, 0.1) is 0 Å². The quantitative estimate of drug-likeness (QED) is 0.427. The third kappa shape index (κ3) is 11.4. The number of unbranched alkanes of at least 4 members (excludes halogenated alkanes) is 3. The maximum atomic E-state index is 8.74. The molecule has 5 nitrogen and oxygen atoms in total. The molecule has 1 saturated carbocycles. The molecule has 0 amide bonds. The molecule has 0 bridgehead atoms. The monoisotopic (exact) mass is 366 g/mol. The number of rotatable bonds is 10. The topological polar surface area (TPSA) is 74.6 Å². The second-order valence-electron chi connectivity index (χ2n) is 7.19. The van der Waals surface area contributed by atoms with E-state index in [1.54, 1.807) is 0 Å². The van der Waals surface area contributed by atoms with E-state index in [0.717, 1.165) is 6.04 Å². The van der Waals surface area contributed by atoms with Crippen LogP contribution in [0.1, 0.15) is 91.4 Å². The van der Waals surface area contributed by atoms with Gasteiger partial charge in [-0.1, -0.05) is 46.5 Å². The standard InChI is InChI=1S/C18H38N.H2O4S/c1-4-7-15-19(16-8-5-2,17-9-6-3)18-13-11-10-12-14-18;1-5(2,3)4/h18H,4-17H2,1-3H3;(H2,1,2,3,4)/q+1;. The summed E-state index contributed by atoms with van der Waals surface area (Å²) in [6.07, 6.45) is 15.9. The summed E-state index contributed by atoms with van der Waals surface area (Å²) < 4.78 is 33.1. The minimum Gasteiger partial charge on any atom is -0.321 e. The molecule has 1 fully saturated rings. The van der Waals surface area contributed by atoms with Crippen LogP contribution in [0.15, 0.2) is 0 Å². The number of hydrogen-bond donors (Lipinski definition) is 2. The Bertz CT molecular complexity index is 362. The molecule has 1 rings (SSSR count). The molecule has 6 heteroatoms. The molecule has 0 spiro atoms. The van der Waals surface area contributed by atoms with Crippen molar-refractivity contribution in [3.8, 4) is 0 Å². The molecule has 1 aliphatic rings. The first-order valence-electron chi connectivity index (χ1n) is 9.84. The SMILES string of the molecule is CCCC[N+](CCCC)(CCCC)C1CCCCC1.O=S(=O)(O)O. The summed E-state index contributed by atoms with van der Waals surface area (Å²) in [6, 6.07) is 0.999. The van der Waals surface area contributed by atoms with Gasteiger partial charge in [0.1, 0.15) is 0 Å². The maximum absolute atomic E-state index is 8.74. The van der Waals surface area contributed by atoms with E-state index in [1.165, 1.54) is 94.7 Å². The van der Waals surface area contributed by atoms with Crippen LogP contribution in [-0.2, 0) is 10.4 Å². The van der Waals surface area contributed by atoms with Crippen LogP contribution in [0.3, 0.4) is 0 Å². The fourth-order valence-electron chi connectivity index (χ4n) is 3.93. The van der Waals surface area contributed by atoms with E-state index in [2.05, 4.69) is 20.8 Å². The molecule has 0 atom stereocenters. The van der Waals surface area contributed by atoms with E-state index in [4.69, 9.17) is 17.5 Å². The second kappa shape index (κ2) is 13.1. The van der Waals surface area contributed by atoms with Crippen LogP contribution in [0.5, 0.6) is 0 Å². The van der Waals surface area contributed by atoms with Gasteiger partial charge >= 0.3 is 10.4 Å². The molecule has 0 saturated heterocycles. The lowest BCUT2D eigenvalue weighted by atomic mass is 9.91. The van der Waals surface area contributed by atoms with Crippen LogP contribution in [-0.4, -0.2) is 47.7 Å². The zero-order valence-electron chi connectivity index (χ0n) is 16.0. The smallest absolute Gasteiger partial charge is 0.321 e. The van der Waals surface area contributed by atoms with Gasteiger partial charge in [-0.3, -0.25) is 9.11 Å². The maximum Gasteiger partial charge on any atom is 0.394 e. The zero-order valence-corrected chi connectivity index (χ0v) is 16.9. The first-order chi connectivity index (χ1) is 11.3. The van der Waals surface area contributed by atoms with Crippen molar-refractivity contribution in [2.45, 2.75) is 97.4 Å². The number of nitrogens with zero attached hydrogens (tertiary/aromatic N) is 1. The molecule has 24 heavy (non-hydrogen) atoms.